The smallest absolute Gasteiger partial charge is 0.428 e. The molecular formula is C12H15N3O4. The van der Waals surface area contributed by atoms with Gasteiger partial charge in [-0.3, -0.25) is 10.1 Å². The first-order chi connectivity index (χ1) is 8.79. The van der Waals surface area contributed by atoms with Crippen molar-refractivity contribution in [1.82, 2.24) is 5.43 Å². The van der Waals surface area contributed by atoms with Crippen molar-refractivity contribution in [2.24, 2.45) is 5.10 Å². The SMILES string of the molecule is CC(C)(C)OC(=O)N/N=C/c1ccccc1[N+](=O)[O-]. The molecule has 0 saturated heterocycles. The molecule has 1 rings (SSSR count). The molecule has 0 heterocycles. The second-order valence-electron chi connectivity index (χ2n) is 4.69. The summed E-state index contributed by atoms with van der Waals surface area (Å²) >= 11 is 0. The number of nitrogens with zero attached hydrogens (tertiary/aromatic N) is 2. The van der Waals surface area contributed by atoms with Gasteiger partial charge < -0.3 is 4.74 Å². The molecule has 0 bridgehead atoms. The average Bonchev–Trinajstić information content (AvgIpc) is 2.27. The lowest BCUT2D eigenvalue weighted by Crippen LogP contribution is -2.29. The zero-order valence-corrected chi connectivity index (χ0v) is 10.9. The van der Waals surface area contributed by atoms with E-state index >= 15 is 0 Å². The fourth-order valence-corrected chi connectivity index (χ4v) is 1.22. The van der Waals surface area contributed by atoms with E-state index in [0.29, 0.717) is 5.56 Å². The van der Waals surface area contributed by atoms with E-state index in [0.717, 1.165) is 0 Å². The fraction of sp³-hybridized carbons (Fsp3) is 0.333. The van der Waals surface area contributed by atoms with Gasteiger partial charge >= 0.3 is 6.09 Å². The van der Waals surface area contributed by atoms with E-state index in [9.17, 15) is 14.9 Å². The lowest BCUT2D eigenvalue weighted by molar-refractivity contribution is -0.385. The maximum absolute atomic E-state index is 11.3. The minimum atomic E-state index is -0.720. The Labute approximate surface area is 110 Å². The summed E-state index contributed by atoms with van der Waals surface area (Å²) in [5.41, 5.74) is 1.72. The summed E-state index contributed by atoms with van der Waals surface area (Å²) in [7, 11) is 0. The number of hydrogen-bond acceptors (Lipinski definition) is 5. The van der Waals surface area contributed by atoms with E-state index in [4.69, 9.17) is 4.74 Å². The minimum Gasteiger partial charge on any atom is -0.443 e. The number of para-hydroxylation sites is 1. The molecule has 7 nitrogen and oxygen atoms in total. The molecule has 0 fully saturated rings. The van der Waals surface area contributed by atoms with E-state index in [1.165, 1.54) is 18.3 Å². The van der Waals surface area contributed by atoms with Crippen molar-refractivity contribution in [3.8, 4) is 0 Å². The highest BCUT2D eigenvalue weighted by molar-refractivity contribution is 5.85. The standard InChI is InChI=1S/C12H15N3O4/c1-12(2,3)19-11(16)14-13-8-9-6-4-5-7-10(9)15(17)18/h4-8H,1-3H3,(H,14,16)/b13-8+. The molecule has 7 heteroatoms. The summed E-state index contributed by atoms with van der Waals surface area (Å²) in [5.74, 6) is 0. The summed E-state index contributed by atoms with van der Waals surface area (Å²) < 4.78 is 4.96. The molecule has 0 aliphatic rings. The van der Waals surface area contributed by atoms with Gasteiger partial charge in [-0.05, 0) is 26.8 Å². The van der Waals surface area contributed by atoms with Gasteiger partial charge in [0.05, 0.1) is 16.7 Å². The predicted molar refractivity (Wildman–Crippen MR) is 70.1 cm³/mol. The van der Waals surface area contributed by atoms with Crippen LogP contribution in [0.2, 0.25) is 0 Å². The number of rotatable bonds is 3. The number of carbonyl (C=O) groups is 1. The Kier molecular flexibility index (Phi) is 4.57. The van der Waals surface area contributed by atoms with Crippen LogP contribution in [0.15, 0.2) is 29.4 Å². The number of nitrogens with one attached hydrogen (secondary N) is 1. The molecule has 0 unspecified atom stereocenters. The molecular weight excluding hydrogens is 250 g/mol. The number of nitro benzene ring substituents is 1. The average molecular weight is 265 g/mol. The molecule has 0 aromatic heterocycles. The first-order valence-electron chi connectivity index (χ1n) is 5.55. The molecule has 102 valence electrons. The third kappa shape index (κ3) is 5.15. The lowest BCUT2D eigenvalue weighted by atomic mass is 10.2. The molecule has 0 atom stereocenters. The Bertz CT molecular complexity index is 506. The molecule has 1 N–H and O–H groups in total. The van der Waals surface area contributed by atoms with Gasteiger partial charge in [0, 0.05) is 6.07 Å². The number of ether oxygens (including phenoxy) is 1. The van der Waals surface area contributed by atoms with Gasteiger partial charge in [-0.2, -0.15) is 5.10 Å². The second kappa shape index (κ2) is 5.94. The van der Waals surface area contributed by atoms with Crippen LogP contribution in [0.25, 0.3) is 0 Å². The van der Waals surface area contributed by atoms with Crippen molar-refractivity contribution in [1.29, 1.82) is 0 Å². The van der Waals surface area contributed by atoms with Crippen LogP contribution < -0.4 is 5.43 Å². The molecule has 0 spiro atoms. The first-order valence-corrected chi connectivity index (χ1v) is 5.55. The highest BCUT2D eigenvalue weighted by atomic mass is 16.6. The third-order valence-electron chi connectivity index (χ3n) is 1.89. The number of nitro groups is 1. The molecule has 1 aromatic carbocycles. The van der Waals surface area contributed by atoms with Crippen molar-refractivity contribution >= 4 is 18.0 Å². The Morgan fingerprint density at radius 1 is 1.42 bits per heavy atom. The monoisotopic (exact) mass is 265 g/mol. The Morgan fingerprint density at radius 2 is 2.05 bits per heavy atom. The van der Waals surface area contributed by atoms with Crippen molar-refractivity contribution < 1.29 is 14.5 Å². The molecule has 0 radical (unpaired) electrons. The number of benzene rings is 1. The zero-order valence-electron chi connectivity index (χ0n) is 10.9. The van der Waals surface area contributed by atoms with Gasteiger partial charge in [0.2, 0.25) is 0 Å². The van der Waals surface area contributed by atoms with Gasteiger partial charge in [-0.25, -0.2) is 10.2 Å². The zero-order chi connectivity index (χ0) is 14.5. The van der Waals surface area contributed by atoms with E-state index in [2.05, 4.69) is 10.5 Å². The van der Waals surface area contributed by atoms with Crippen LogP contribution in [0.4, 0.5) is 10.5 Å². The summed E-state index contributed by atoms with van der Waals surface area (Å²) in [4.78, 5) is 21.5. The van der Waals surface area contributed by atoms with Crippen LogP contribution in [0.3, 0.4) is 0 Å². The third-order valence-corrected chi connectivity index (χ3v) is 1.89. The maximum Gasteiger partial charge on any atom is 0.428 e. The molecule has 1 aromatic rings. The Balaban J connectivity index is 2.68. The van der Waals surface area contributed by atoms with Gasteiger partial charge in [-0.1, -0.05) is 12.1 Å². The number of amides is 1. The van der Waals surface area contributed by atoms with Gasteiger partial charge in [0.25, 0.3) is 5.69 Å². The van der Waals surface area contributed by atoms with Crippen LogP contribution in [0.5, 0.6) is 0 Å². The Morgan fingerprint density at radius 3 is 2.63 bits per heavy atom. The summed E-state index contributed by atoms with van der Waals surface area (Å²) in [6.07, 6.45) is 0.476. The second-order valence-corrected chi connectivity index (χ2v) is 4.69. The summed E-state index contributed by atoms with van der Waals surface area (Å²) in [6.45, 7) is 5.16. The quantitative estimate of drug-likeness (QED) is 0.516. The largest absolute Gasteiger partial charge is 0.443 e. The maximum atomic E-state index is 11.3. The number of hydrogen-bond donors (Lipinski definition) is 1. The van der Waals surface area contributed by atoms with Crippen LogP contribution in [0, 0.1) is 10.1 Å². The predicted octanol–water partition coefficient (Wildman–Crippen LogP) is 2.45. The van der Waals surface area contributed by atoms with E-state index in [-0.39, 0.29) is 5.69 Å². The van der Waals surface area contributed by atoms with Crippen molar-refractivity contribution in [2.75, 3.05) is 0 Å². The topological polar surface area (TPSA) is 93.8 Å². The summed E-state index contributed by atoms with van der Waals surface area (Å²) in [6, 6.07) is 6.08. The molecule has 19 heavy (non-hydrogen) atoms. The molecule has 0 saturated carbocycles. The number of carbonyl (C=O) groups excluding carboxylic acids is 1. The summed E-state index contributed by atoms with van der Waals surface area (Å²) in [5, 5.41) is 14.4. The van der Waals surface area contributed by atoms with E-state index in [1.54, 1.807) is 32.9 Å². The first kappa shape index (κ1) is 14.6. The molecule has 1 amide bonds. The van der Waals surface area contributed by atoms with Crippen molar-refractivity contribution in [2.45, 2.75) is 26.4 Å². The van der Waals surface area contributed by atoms with E-state index in [1.807, 2.05) is 0 Å². The van der Waals surface area contributed by atoms with Gasteiger partial charge in [0.15, 0.2) is 0 Å². The van der Waals surface area contributed by atoms with Crippen LogP contribution in [0.1, 0.15) is 26.3 Å². The molecule has 0 aliphatic carbocycles. The normalized spacial score (nSPS) is 11.3. The fourth-order valence-electron chi connectivity index (χ4n) is 1.22. The van der Waals surface area contributed by atoms with Gasteiger partial charge in [-0.15, -0.1) is 0 Å². The van der Waals surface area contributed by atoms with Gasteiger partial charge in [0.1, 0.15) is 5.60 Å². The van der Waals surface area contributed by atoms with Crippen LogP contribution in [-0.2, 0) is 4.74 Å². The number of hydrazone groups is 1. The highest BCUT2D eigenvalue weighted by Crippen LogP contribution is 2.15. The van der Waals surface area contributed by atoms with E-state index < -0.39 is 16.6 Å². The Hall–Kier alpha value is -2.44. The van der Waals surface area contributed by atoms with Crippen LogP contribution in [-0.4, -0.2) is 22.8 Å². The molecule has 0 aliphatic heterocycles. The lowest BCUT2D eigenvalue weighted by Gasteiger charge is -2.18. The van der Waals surface area contributed by atoms with Crippen molar-refractivity contribution in [3.63, 3.8) is 0 Å². The van der Waals surface area contributed by atoms with Crippen molar-refractivity contribution in [3.05, 3.63) is 39.9 Å². The highest BCUT2D eigenvalue weighted by Gasteiger charge is 2.15. The minimum absolute atomic E-state index is 0.0859. The van der Waals surface area contributed by atoms with Crippen LogP contribution >= 0.6 is 0 Å².